The summed E-state index contributed by atoms with van der Waals surface area (Å²) in [6.45, 7) is 4.34. The minimum absolute atomic E-state index is 0.148. The van der Waals surface area contributed by atoms with Crippen LogP contribution in [0.5, 0.6) is 0 Å². The van der Waals surface area contributed by atoms with Gasteiger partial charge in [-0.3, -0.25) is 4.79 Å². The van der Waals surface area contributed by atoms with Crippen LogP contribution in [0.2, 0.25) is 0 Å². The largest absolute Gasteiger partial charge is 0.383 e. The first kappa shape index (κ1) is 18.6. The van der Waals surface area contributed by atoms with E-state index in [-0.39, 0.29) is 25.6 Å². The Morgan fingerprint density at radius 1 is 1.27 bits per heavy atom. The zero-order chi connectivity index (χ0) is 16.8. The maximum atomic E-state index is 12.0. The normalized spacial score (nSPS) is 11.9. The van der Waals surface area contributed by atoms with E-state index >= 15 is 0 Å². The van der Waals surface area contributed by atoms with E-state index in [2.05, 4.69) is 19.2 Å². The molecule has 0 heterocycles. The van der Waals surface area contributed by atoms with Crippen molar-refractivity contribution in [2.24, 2.45) is 0 Å². The van der Waals surface area contributed by atoms with Crippen molar-refractivity contribution in [3.05, 3.63) is 29.8 Å². The van der Waals surface area contributed by atoms with Crippen LogP contribution in [0.25, 0.3) is 0 Å². The zero-order valence-electron chi connectivity index (χ0n) is 13.5. The lowest BCUT2D eigenvalue weighted by molar-refractivity contribution is -0.116. The van der Waals surface area contributed by atoms with Crippen LogP contribution >= 0.6 is 0 Å². The molecule has 0 aliphatic carbocycles. The molecule has 22 heavy (non-hydrogen) atoms. The number of hydrogen-bond donors (Lipinski definition) is 1. The Bertz CT molecular complexity index is 582. The Hall–Kier alpha value is -1.44. The first-order valence-corrected chi connectivity index (χ1v) is 8.92. The van der Waals surface area contributed by atoms with E-state index in [9.17, 15) is 13.2 Å². The van der Waals surface area contributed by atoms with Crippen LogP contribution in [0, 0.1) is 0 Å². The lowest BCUT2D eigenvalue weighted by Crippen LogP contribution is -2.39. The molecular formula is C15H24N2O4S. The van der Waals surface area contributed by atoms with Gasteiger partial charge in [-0.05, 0) is 23.6 Å². The maximum absolute atomic E-state index is 12.0. The third-order valence-electron chi connectivity index (χ3n) is 3.19. The second-order valence-electron chi connectivity index (χ2n) is 5.41. The minimum Gasteiger partial charge on any atom is -0.383 e. The Kier molecular flexibility index (Phi) is 6.99. The summed E-state index contributed by atoms with van der Waals surface area (Å²) in [6.07, 6.45) is 1.08. The second kappa shape index (κ2) is 8.26. The molecule has 0 saturated carbocycles. The molecule has 0 bridgehead atoms. The monoisotopic (exact) mass is 328 g/mol. The van der Waals surface area contributed by atoms with Gasteiger partial charge in [0.15, 0.2) is 0 Å². The number of benzene rings is 1. The van der Waals surface area contributed by atoms with E-state index in [0.717, 1.165) is 10.6 Å². The molecule has 0 aliphatic heterocycles. The predicted molar refractivity (Wildman–Crippen MR) is 87.5 cm³/mol. The summed E-state index contributed by atoms with van der Waals surface area (Å²) in [5.41, 5.74) is 1.82. The van der Waals surface area contributed by atoms with E-state index in [1.165, 1.54) is 12.7 Å². The molecule has 0 saturated heterocycles. The van der Waals surface area contributed by atoms with Crippen LogP contribution in [0.4, 0.5) is 5.69 Å². The number of rotatable bonds is 8. The Morgan fingerprint density at radius 3 is 2.32 bits per heavy atom. The molecule has 0 atom stereocenters. The number of methoxy groups -OCH3 is 1. The average Bonchev–Trinajstić information content (AvgIpc) is 2.42. The first-order valence-electron chi connectivity index (χ1n) is 7.08. The summed E-state index contributed by atoms with van der Waals surface area (Å²) in [7, 11) is -1.97. The van der Waals surface area contributed by atoms with Crippen molar-refractivity contribution in [3.8, 4) is 0 Å². The van der Waals surface area contributed by atoms with Crippen LogP contribution < -0.4 is 5.32 Å². The Morgan fingerprint density at radius 2 is 1.86 bits per heavy atom. The van der Waals surface area contributed by atoms with Crippen molar-refractivity contribution in [2.75, 3.05) is 38.4 Å². The Labute approximate surface area is 132 Å². The summed E-state index contributed by atoms with van der Waals surface area (Å²) in [5, 5.41) is 2.70. The van der Waals surface area contributed by atoms with Crippen LogP contribution in [-0.4, -0.2) is 51.7 Å². The summed E-state index contributed by atoms with van der Waals surface area (Å²) in [4.78, 5) is 12.0. The number of hydrogen-bond acceptors (Lipinski definition) is 4. The van der Waals surface area contributed by atoms with Gasteiger partial charge < -0.3 is 10.1 Å². The van der Waals surface area contributed by atoms with Gasteiger partial charge in [-0.25, -0.2) is 8.42 Å². The topological polar surface area (TPSA) is 75.7 Å². The standard InChI is InChI=1S/C15H24N2O4S/c1-12(2)13-5-7-14(8-6-13)16-15(18)11-17(9-10-21-3)22(4,19)20/h5-8,12H,9-11H2,1-4H3,(H,16,18). The van der Waals surface area contributed by atoms with E-state index in [4.69, 9.17) is 4.74 Å². The molecule has 124 valence electrons. The number of carbonyl (C=O) groups excluding carboxylic acids is 1. The van der Waals surface area contributed by atoms with Gasteiger partial charge in [0.05, 0.1) is 19.4 Å². The molecule has 0 spiro atoms. The molecular weight excluding hydrogens is 304 g/mol. The highest BCUT2D eigenvalue weighted by molar-refractivity contribution is 7.88. The fraction of sp³-hybridized carbons (Fsp3) is 0.533. The molecule has 0 aliphatic rings. The van der Waals surface area contributed by atoms with Gasteiger partial charge in [0.1, 0.15) is 0 Å². The van der Waals surface area contributed by atoms with Gasteiger partial charge in [0, 0.05) is 19.3 Å². The van der Waals surface area contributed by atoms with Gasteiger partial charge in [-0.15, -0.1) is 0 Å². The van der Waals surface area contributed by atoms with Crippen molar-refractivity contribution in [2.45, 2.75) is 19.8 Å². The zero-order valence-corrected chi connectivity index (χ0v) is 14.3. The van der Waals surface area contributed by atoms with Crippen molar-refractivity contribution < 1.29 is 17.9 Å². The van der Waals surface area contributed by atoms with Gasteiger partial charge in [-0.1, -0.05) is 26.0 Å². The SMILES string of the molecule is COCCN(CC(=O)Nc1ccc(C(C)C)cc1)S(C)(=O)=O. The number of carbonyl (C=O) groups is 1. The third kappa shape index (κ3) is 6.13. The van der Waals surface area contributed by atoms with Gasteiger partial charge in [0.2, 0.25) is 15.9 Å². The van der Waals surface area contributed by atoms with Gasteiger partial charge >= 0.3 is 0 Å². The van der Waals surface area contributed by atoms with Crippen molar-refractivity contribution in [1.82, 2.24) is 4.31 Å². The smallest absolute Gasteiger partial charge is 0.239 e. The summed E-state index contributed by atoms with van der Waals surface area (Å²) in [6, 6.07) is 7.51. The predicted octanol–water partition coefficient (Wildman–Crippen LogP) is 1.66. The number of nitrogens with zero attached hydrogens (tertiary/aromatic N) is 1. The highest BCUT2D eigenvalue weighted by Gasteiger charge is 2.19. The molecule has 6 nitrogen and oxygen atoms in total. The molecule has 0 unspecified atom stereocenters. The summed E-state index contributed by atoms with van der Waals surface area (Å²) in [5.74, 6) is 0.0401. The number of anilines is 1. The highest BCUT2D eigenvalue weighted by Crippen LogP contribution is 2.17. The summed E-state index contributed by atoms with van der Waals surface area (Å²) >= 11 is 0. The molecule has 0 radical (unpaired) electrons. The third-order valence-corrected chi connectivity index (χ3v) is 4.44. The van der Waals surface area contributed by atoms with Crippen LogP contribution in [-0.2, 0) is 19.6 Å². The number of nitrogens with one attached hydrogen (secondary N) is 1. The first-order chi connectivity index (χ1) is 10.2. The molecule has 1 rings (SSSR count). The molecule has 1 aromatic carbocycles. The second-order valence-corrected chi connectivity index (χ2v) is 7.40. The van der Waals surface area contributed by atoms with Crippen LogP contribution in [0.1, 0.15) is 25.3 Å². The Balaban J connectivity index is 2.67. The molecule has 1 N–H and O–H groups in total. The fourth-order valence-electron chi connectivity index (χ4n) is 1.87. The molecule has 0 fully saturated rings. The van der Waals surface area contributed by atoms with Crippen LogP contribution in [0.15, 0.2) is 24.3 Å². The molecule has 1 amide bonds. The fourth-order valence-corrected chi connectivity index (χ4v) is 2.63. The quantitative estimate of drug-likeness (QED) is 0.787. The highest BCUT2D eigenvalue weighted by atomic mass is 32.2. The van der Waals surface area contributed by atoms with Crippen molar-refractivity contribution in [1.29, 1.82) is 0 Å². The molecule has 7 heteroatoms. The number of ether oxygens (including phenoxy) is 1. The maximum Gasteiger partial charge on any atom is 0.239 e. The number of amides is 1. The van der Waals surface area contributed by atoms with Crippen molar-refractivity contribution in [3.63, 3.8) is 0 Å². The molecule has 0 aromatic heterocycles. The van der Waals surface area contributed by atoms with Gasteiger partial charge in [-0.2, -0.15) is 4.31 Å². The number of sulfonamides is 1. The van der Waals surface area contributed by atoms with E-state index in [1.54, 1.807) is 0 Å². The van der Waals surface area contributed by atoms with Crippen molar-refractivity contribution >= 4 is 21.6 Å². The summed E-state index contributed by atoms with van der Waals surface area (Å²) < 4.78 is 29.2. The minimum atomic E-state index is -3.45. The van der Waals surface area contributed by atoms with E-state index < -0.39 is 10.0 Å². The lowest BCUT2D eigenvalue weighted by Gasteiger charge is -2.19. The van der Waals surface area contributed by atoms with Crippen LogP contribution in [0.3, 0.4) is 0 Å². The van der Waals surface area contributed by atoms with Gasteiger partial charge in [0.25, 0.3) is 0 Å². The molecule has 1 aromatic rings. The average molecular weight is 328 g/mol. The van der Waals surface area contributed by atoms with E-state index in [0.29, 0.717) is 11.6 Å². The van der Waals surface area contributed by atoms with E-state index in [1.807, 2.05) is 24.3 Å². The lowest BCUT2D eigenvalue weighted by atomic mass is 10.0.